The SMILES string of the molecule is COCCNc1ccc2nnc(CCNS(C)(=O)=O)n2n1. The average Bonchev–Trinajstić information content (AvgIpc) is 2.81. The summed E-state index contributed by atoms with van der Waals surface area (Å²) in [6, 6.07) is 3.60. The highest BCUT2D eigenvalue weighted by Gasteiger charge is 2.08. The van der Waals surface area contributed by atoms with Gasteiger partial charge in [-0.15, -0.1) is 15.3 Å². The van der Waals surface area contributed by atoms with Crippen molar-refractivity contribution in [3.8, 4) is 0 Å². The first-order valence-electron chi connectivity index (χ1n) is 6.38. The molecule has 9 nitrogen and oxygen atoms in total. The maximum Gasteiger partial charge on any atom is 0.208 e. The summed E-state index contributed by atoms with van der Waals surface area (Å²) < 4.78 is 31.0. The van der Waals surface area contributed by atoms with E-state index in [1.807, 2.05) is 0 Å². The highest BCUT2D eigenvalue weighted by Crippen LogP contribution is 2.07. The number of rotatable bonds is 8. The molecule has 0 spiro atoms. The number of nitrogens with zero attached hydrogens (tertiary/aromatic N) is 4. The lowest BCUT2D eigenvalue weighted by Gasteiger charge is -2.05. The van der Waals surface area contributed by atoms with Crippen molar-refractivity contribution in [1.29, 1.82) is 0 Å². The maximum absolute atomic E-state index is 11.0. The summed E-state index contributed by atoms with van der Waals surface area (Å²) in [6.45, 7) is 1.47. The van der Waals surface area contributed by atoms with Gasteiger partial charge in [0.15, 0.2) is 11.5 Å². The summed E-state index contributed by atoms with van der Waals surface area (Å²) in [7, 11) is -1.58. The van der Waals surface area contributed by atoms with Crippen molar-refractivity contribution in [2.75, 3.05) is 38.4 Å². The van der Waals surface area contributed by atoms with Crippen LogP contribution in [0, 0.1) is 0 Å². The third-order valence-corrected chi connectivity index (χ3v) is 3.38. The smallest absolute Gasteiger partial charge is 0.208 e. The van der Waals surface area contributed by atoms with Crippen LogP contribution in [-0.4, -0.2) is 61.3 Å². The number of methoxy groups -OCH3 is 1. The van der Waals surface area contributed by atoms with Gasteiger partial charge < -0.3 is 10.1 Å². The van der Waals surface area contributed by atoms with Gasteiger partial charge in [0.05, 0.1) is 12.9 Å². The van der Waals surface area contributed by atoms with Gasteiger partial charge in [-0.2, -0.15) is 4.52 Å². The van der Waals surface area contributed by atoms with Crippen LogP contribution in [0.15, 0.2) is 12.1 Å². The molecule has 0 saturated heterocycles. The van der Waals surface area contributed by atoms with Gasteiger partial charge in [0, 0.05) is 26.6 Å². The summed E-state index contributed by atoms with van der Waals surface area (Å²) in [4.78, 5) is 0. The quantitative estimate of drug-likeness (QED) is 0.618. The molecule has 0 amide bonds. The zero-order chi connectivity index (χ0) is 15.3. The van der Waals surface area contributed by atoms with Crippen LogP contribution < -0.4 is 10.0 Å². The molecule has 0 aromatic carbocycles. The van der Waals surface area contributed by atoms with E-state index in [1.54, 1.807) is 23.8 Å². The minimum Gasteiger partial charge on any atom is -0.383 e. The Morgan fingerprint density at radius 2 is 2.10 bits per heavy atom. The van der Waals surface area contributed by atoms with Crippen molar-refractivity contribution in [2.24, 2.45) is 0 Å². The van der Waals surface area contributed by atoms with Gasteiger partial charge >= 0.3 is 0 Å². The average molecular weight is 314 g/mol. The molecule has 0 atom stereocenters. The Kier molecular flexibility index (Phi) is 5.04. The second-order valence-electron chi connectivity index (χ2n) is 4.44. The van der Waals surface area contributed by atoms with Crippen molar-refractivity contribution in [1.82, 2.24) is 24.5 Å². The van der Waals surface area contributed by atoms with Crippen LogP contribution >= 0.6 is 0 Å². The third-order valence-electron chi connectivity index (χ3n) is 2.65. The fourth-order valence-corrected chi connectivity index (χ4v) is 2.19. The molecular formula is C11H18N6O3S. The normalized spacial score (nSPS) is 11.9. The van der Waals surface area contributed by atoms with Crippen LogP contribution in [-0.2, 0) is 21.2 Å². The number of aromatic nitrogens is 4. The van der Waals surface area contributed by atoms with Gasteiger partial charge in [-0.05, 0) is 12.1 Å². The van der Waals surface area contributed by atoms with E-state index >= 15 is 0 Å². The van der Waals surface area contributed by atoms with E-state index < -0.39 is 10.0 Å². The largest absolute Gasteiger partial charge is 0.383 e. The molecule has 0 aliphatic heterocycles. The molecule has 21 heavy (non-hydrogen) atoms. The predicted octanol–water partition coefficient (Wildman–Crippen LogP) is -0.726. The molecule has 0 bridgehead atoms. The molecule has 2 N–H and O–H groups in total. The highest BCUT2D eigenvalue weighted by atomic mass is 32.2. The van der Waals surface area contributed by atoms with E-state index in [4.69, 9.17) is 4.74 Å². The summed E-state index contributed by atoms with van der Waals surface area (Å²) in [5, 5.41) is 15.5. The van der Waals surface area contributed by atoms with Crippen LogP contribution in [0.5, 0.6) is 0 Å². The van der Waals surface area contributed by atoms with Gasteiger partial charge in [0.2, 0.25) is 10.0 Å². The van der Waals surface area contributed by atoms with Crippen molar-refractivity contribution < 1.29 is 13.2 Å². The van der Waals surface area contributed by atoms with Crippen molar-refractivity contribution in [3.63, 3.8) is 0 Å². The fraction of sp³-hybridized carbons (Fsp3) is 0.545. The van der Waals surface area contributed by atoms with Gasteiger partial charge in [-0.1, -0.05) is 0 Å². The molecular weight excluding hydrogens is 296 g/mol. The van der Waals surface area contributed by atoms with E-state index in [9.17, 15) is 8.42 Å². The number of ether oxygens (including phenoxy) is 1. The first-order valence-corrected chi connectivity index (χ1v) is 8.27. The Labute approximate surface area is 122 Å². The Bertz CT molecular complexity index is 699. The van der Waals surface area contributed by atoms with Crippen LogP contribution in [0.1, 0.15) is 5.82 Å². The van der Waals surface area contributed by atoms with E-state index in [1.165, 1.54) is 0 Å². The van der Waals surface area contributed by atoms with Gasteiger partial charge in [0.1, 0.15) is 5.82 Å². The molecule has 2 heterocycles. The Morgan fingerprint density at radius 1 is 1.29 bits per heavy atom. The molecule has 0 radical (unpaired) electrons. The molecule has 116 valence electrons. The van der Waals surface area contributed by atoms with Gasteiger partial charge in [-0.3, -0.25) is 0 Å². The van der Waals surface area contributed by atoms with Crippen LogP contribution in [0.2, 0.25) is 0 Å². The first kappa shape index (κ1) is 15.6. The number of hydrogen-bond donors (Lipinski definition) is 2. The lowest BCUT2D eigenvalue weighted by atomic mass is 10.4. The lowest BCUT2D eigenvalue weighted by Crippen LogP contribution is -2.25. The first-order chi connectivity index (χ1) is 9.99. The maximum atomic E-state index is 11.0. The molecule has 0 fully saturated rings. The van der Waals surface area contributed by atoms with Gasteiger partial charge in [-0.25, -0.2) is 13.1 Å². The summed E-state index contributed by atoms with van der Waals surface area (Å²) >= 11 is 0. The van der Waals surface area contributed by atoms with Crippen molar-refractivity contribution in [2.45, 2.75) is 6.42 Å². The predicted molar refractivity (Wildman–Crippen MR) is 77.7 cm³/mol. The van der Waals surface area contributed by atoms with Crippen molar-refractivity contribution >= 4 is 21.5 Å². The van der Waals surface area contributed by atoms with Crippen LogP contribution in [0.25, 0.3) is 5.65 Å². The lowest BCUT2D eigenvalue weighted by molar-refractivity contribution is 0.210. The second kappa shape index (κ2) is 6.78. The number of anilines is 1. The van der Waals surface area contributed by atoms with E-state index in [-0.39, 0.29) is 6.54 Å². The highest BCUT2D eigenvalue weighted by molar-refractivity contribution is 7.88. The van der Waals surface area contributed by atoms with Gasteiger partial charge in [0.25, 0.3) is 0 Å². The molecule has 10 heteroatoms. The molecule has 0 aliphatic rings. The topological polar surface area (TPSA) is 111 Å². The molecule has 0 saturated carbocycles. The standard InChI is InChI=1S/C11H18N6O3S/c1-20-8-7-12-9-3-4-10-14-15-11(17(10)16-9)5-6-13-21(2,18)19/h3-4,13H,5-8H2,1-2H3,(H,12,16). The summed E-state index contributed by atoms with van der Waals surface area (Å²) in [5.41, 5.74) is 0.613. The summed E-state index contributed by atoms with van der Waals surface area (Å²) in [5.74, 6) is 1.27. The number of nitrogens with one attached hydrogen (secondary N) is 2. The zero-order valence-corrected chi connectivity index (χ0v) is 12.7. The monoisotopic (exact) mass is 314 g/mol. The Morgan fingerprint density at radius 3 is 2.81 bits per heavy atom. The van der Waals surface area contributed by atoms with E-state index in [0.717, 1.165) is 6.26 Å². The Balaban J connectivity index is 2.07. The number of hydrogen-bond acceptors (Lipinski definition) is 7. The van der Waals surface area contributed by atoms with Crippen molar-refractivity contribution in [3.05, 3.63) is 18.0 Å². The zero-order valence-electron chi connectivity index (χ0n) is 11.9. The molecule has 2 aromatic rings. The minimum absolute atomic E-state index is 0.253. The number of sulfonamides is 1. The number of fused-ring (bicyclic) bond motifs is 1. The molecule has 2 aromatic heterocycles. The molecule has 2 rings (SSSR count). The Hall–Kier alpha value is -1.78. The fourth-order valence-electron chi connectivity index (χ4n) is 1.71. The second-order valence-corrected chi connectivity index (χ2v) is 6.27. The minimum atomic E-state index is -3.21. The molecule has 0 aliphatic carbocycles. The van der Waals surface area contributed by atoms with Crippen LogP contribution in [0.4, 0.5) is 5.82 Å². The summed E-state index contributed by atoms with van der Waals surface area (Å²) in [6.07, 6.45) is 1.52. The third kappa shape index (κ3) is 4.62. The van der Waals surface area contributed by atoms with Crippen LogP contribution in [0.3, 0.4) is 0 Å². The van der Waals surface area contributed by atoms with E-state index in [0.29, 0.717) is 36.9 Å². The molecule has 0 unspecified atom stereocenters. The van der Waals surface area contributed by atoms with E-state index in [2.05, 4.69) is 25.3 Å².